The van der Waals surface area contributed by atoms with Gasteiger partial charge in [-0.25, -0.2) is 5.43 Å². The van der Waals surface area contributed by atoms with Gasteiger partial charge in [-0.1, -0.05) is 18.2 Å². The van der Waals surface area contributed by atoms with Gasteiger partial charge in [-0.3, -0.25) is 9.59 Å². The summed E-state index contributed by atoms with van der Waals surface area (Å²) in [6.45, 7) is 1.84. The van der Waals surface area contributed by atoms with Crippen LogP contribution in [0.4, 0.5) is 5.69 Å². The van der Waals surface area contributed by atoms with Gasteiger partial charge in [-0.2, -0.15) is 5.10 Å². The molecule has 1 heterocycles. The van der Waals surface area contributed by atoms with Crippen molar-refractivity contribution in [2.24, 2.45) is 5.10 Å². The van der Waals surface area contributed by atoms with Crippen LogP contribution < -0.4 is 15.5 Å². The first-order valence-electron chi connectivity index (χ1n) is 10.1. The van der Waals surface area contributed by atoms with E-state index in [-0.39, 0.29) is 17.6 Å². The van der Waals surface area contributed by atoms with E-state index < -0.39 is 0 Å². The zero-order valence-corrected chi connectivity index (χ0v) is 17.4. The SMILES string of the molecule is COc1ccc(NC(=O)c2oc3c(c2C)/C(=N/NC(=O)c2ccccc2)CCC3)cc1. The van der Waals surface area contributed by atoms with Crippen molar-refractivity contribution >= 4 is 23.2 Å². The number of hydrazone groups is 1. The van der Waals surface area contributed by atoms with E-state index in [1.165, 1.54) is 0 Å². The maximum absolute atomic E-state index is 12.8. The lowest BCUT2D eigenvalue weighted by Gasteiger charge is -2.13. The van der Waals surface area contributed by atoms with Crippen LogP contribution in [0.3, 0.4) is 0 Å². The molecule has 0 fully saturated rings. The minimum atomic E-state index is -0.329. The third-order valence-electron chi connectivity index (χ3n) is 5.21. The molecule has 7 nitrogen and oxygen atoms in total. The molecule has 0 unspecified atom stereocenters. The predicted molar refractivity (Wildman–Crippen MR) is 118 cm³/mol. The van der Waals surface area contributed by atoms with E-state index in [1.807, 2.05) is 13.0 Å². The number of hydrogen-bond acceptors (Lipinski definition) is 5. The summed E-state index contributed by atoms with van der Waals surface area (Å²) in [5, 5.41) is 7.20. The maximum Gasteiger partial charge on any atom is 0.291 e. The molecule has 0 radical (unpaired) electrons. The Bertz CT molecular complexity index is 1130. The van der Waals surface area contributed by atoms with E-state index in [2.05, 4.69) is 15.8 Å². The Labute approximate surface area is 180 Å². The third kappa shape index (κ3) is 4.35. The summed E-state index contributed by atoms with van der Waals surface area (Å²) in [4.78, 5) is 25.2. The topological polar surface area (TPSA) is 92.9 Å². The van der Waals surface area contributed by atoms with Gasteiger partial charge in [0.1, 0.15) is 11.5 Å². The van der Waals surface area contributed by atoms with E-state index in [9.17, 15) is 9.59 Å². The number of carbonyl (C=O) groups excluding carboxylic acids is 2. The van der Waals surface area contributed by atoms with Gasteiger partial charge in [0, 0.05) is 28.8 Å². The molecule has 2 amide bonds. The second-order valence-electron chi connectivity index (χ2n) is 7.26. The molecule has 4 rings (SSSR count). The first kappa shape index (κ1) is 20.4. The van der Waals surface area contributed by atoms with E-state index >= 15 is 0 Å². The van der Waals surface area contributed by atoms with Crippen molar-refractivity contribution in [2.45, 2.75) is 26.2 Å². The fourth-order valence-corrected chi connectivity index (χ4v) is 3.63. The first-order chi connectivity index (χ1) is 15.1. The number of aryl methyl sites for hydroxylation is 1. The summed E-state index contributed by atoms with van der Waals surface area (Å²) < 4.78 is 11.0. The summed E-state index contributed by atoms with van der Waals surface area (Å²) in [5.41, 5.74) is 6.04. The molecular weight excluding hydrogens is 394 g/mol. The summed E-state index contributed by atoms with van der Waals surface area (Å²) >= 11 is 0. The molecule has 2 aromatic carbocycles. The third-order valence-corrected chi connectivity index (χ3v) is 5.21. The summed E-state index contributed by atoms with van der Waals surface area (Å²) in [5.74, 6) is 1.07. The number of methoxy groups -OCH3 is 1. The first-order valence-corrected chi connectivity index (χ1v) is 10.1. The van der Waals surface area contributed by atoms with Crippen LogP contribution >= 0.6 is 0 Å². The Morgan fingerprint density at radius 3 is 2.45 bits per heavy atom. The lowest BCUT2D eigenvalue weighted by Crippen LogP contribution is -2.22. The highest BCUT2D eigenvalue weighted by Gasteiger charge is 2.28. The Kier molecular flexibility index (Phi) is 5.84. The van der Waals surface area contributed by atoms with Crippen molar-refractivity contribution in [1.82, 2.24) is 5.43 Å². The quantitative estimate of drug-likeness (QED) is 0.605. The number of fused-ring (bicyclic) bond motifs is 1. The molecule has 0 bridgehead atoms. The van der Waals surface area contributed by atoms with Gasteiger partial charge in [0.2, 0.25) is 0 Å². The Morgan fingerprint density at radius 2 is 1.74 bits per heavy atom. The second-order valence-corrected chi connectivity index (χ2v) is 7.26. The number of hydrogen-bond donors (Lipinski definition) is 2. The van der Waals surface area contributed by atoms with E-state index in [4.69, 9.17) is 9.15 Å². The van der Waals surface area contributed by atoms with Crippen LogP contribution in [0.2, 0.25) is 0 Å². The van der Waals surface area contributed by atoms with Gasteiger partial charge in [-0.15, -0.1) is 0 Å². The highest BCUT2D eigenvalue weighted by molar-refractivity contribution is 6.09. The van der Waals surface area contributed by atoms with Gasteiger partial charge < -0.3 is 14.5 Å². The number of furan rings is 1. The maximum atomic E-state index is 12.8. The lowest BCUT2D eigenvalue weighted by molar-refractivity contribution is 0.0953. The Balaban J connectivity index is 1.54. The van der Waals surface area contributed by atoms with Crippen molar-refractivity contribution in [3.8, 4) is 5.75 Å². The van der Waals surface area contributed by atoms with Crippen LogP contribution in [0.25, 0.3) is 0 Å². The molecule has 1 aromatic heterocycles. The summed E-state index contributed by atoms with van der Waals surface area (Å²) in [6, 6.07) is 16.0. The number of anilines is 1. The minimum Gasteiger partial charge on any atom is -0.497 e. The minimum absolute atomic E-state index is 0.254. The summed E-state index contributed by atoms with van der Waals surface area (Å²) in [7, 11) is 1.59. The van der Waals surface area contributed by atoms with E-state index in [0.717, 1.165) is 29.9 Å². The van der Waals surface area contributed by atoms with Gasteiger partial charge in [0.25, 0.3) is 11.8 Å². The fraction of sp³-hybridized carbons (Fsp3) is 0.208. The molecule has 0 spiro atoms. The molecule has 0 saturated carbocycles. The molecule has 0 saturated heterocycles. The van der Waals surface area contributed by atoms with Gasteiger partial charge >= 0.3 is 0 Å². The fourth-order valence-electron chi connectivity index (χ4n) is 3.63. The van der Waals surface area contributed by atoms with Crippen LogP contribution in [0.5, 0.6) is 5.75 Å². The highest BCUT2D eigenvalue weighted by Crippen LogP contribution is 2.30. The lowest BCUT2D eigenvalue weighted by atomic mass is 9.93. The van der Waals surface area contributed by atoms with Gasteiger partial charge in [-0.05, 0) is 56.2 Å². The molecule has 0 aliphatic heterocycles. The average molecular weight is 417 g/mol. The molecule has 3 aromatic rings. The molecule has 31 heavy (non-hydrogen) atoms. The van der Waals surface area contributed by atoms with Crippen molar-refractivity contribution in [3.05, 3.63) is 82.8 Å². The van der Waals surface area contributed by atoms with E-state index in [0.29, 0.717) is 29.0 Å². The molecule has 0 atom stereocenters. The van der Waals surface area contributed by atoms with Crippen molar-refractivity contribution in [3.63, 3.8) is 0 Å². The molecular formula is C24H23N3O4. The number of benzene rings is 2. The van der Waals surface area contributed by atoms with Crippen LogP contribution in [0.1, 0.15) is 50.6 Å². The number of nitrogens with one attached hydrogen (secondary N) is 2. The number of amides is 2. The second kappa shape index (κ2) is 8.87. The Hall–Kier alpha value is -3.87. The van der Waals surface area contributed by atoms with Gasteiger partial charge in [0.15, 0.2) is 5.76 Å². The van der Waals surface area contributed by atoms with Crippen LogP contribution in [-0.4, -0.2) is 24.6 Å². The zero-order valence-electron chi connectivity index (χ0n) is 17.4. The molecule has 158 valence electrons. The molecule has 1 aliphatic rings. The Morgan fingerprint density at radius 1 is 1.00 bits per heavy atom. The standard InChI is InChI=1S/C24H23N3O4/c1-15-21-19(26-27-23(28)16-7-4-3-5-8-16)9-6-10-20(21)31-22(15)24(29)25-17-11-13-18(30-2)14-12-17/h3-5,7-8,11-14H,6,9-10H2,1-2H3,(H,25,29)(H,27,28)/b26-19+. The van der Waals surface area contributed by atoms with E-state index in [1.54, 1.807) is 55.6 Å². The number of carbonyl (C=O) groups is 2. The normalized spacial score (nSPS) is 14.1. The monoisotopic (exact) mass is 417 g/mol. The number of nitrogens with zero attached hydrogens (tertiary/aromatic N) is 1. The molecule has 7 heteroatoms. The van der Waals surface area contributed by atoms with Gasteiger partial charge in [0.05, 0.1) is 12.8 Å². The van der Waals surface area contributed by atoms with Crippen LogP contribution in [0, 0.1) is 6.92 Å². The zero-order chi connectivity index (χ0) is 21.8. The summed E-state index contributed by atoms with van der Waals surface area (Å²) in [6.07, 6.45) is 2.25. The molecule has 1 aliphatic carbocycles. The van der Waals surface area contributed by atoms with Crippen LogP contribution in [0.15, 0.2) is 64.1 Å². The van der Waals surface area contributed by atoms with Crippen molar-refractivity contribution in [1.29, 1.82) is 0 Å². The number of rotatable bonds is 5. The smallest absolute Gasteiger partial charge is 0.291 e. The average Bonchev–Trinajstić information content (AvgIpc) is 3.16. The van der Waals surface area contributed by atoms with Crippen molar-refractivity contribution in [2.75, 3.05) is 12.4 Å². The largest absolute Gasteiger partial charge is 0.497 e. The molecule has 2 N–H and O–H groups in total. The highest BCUT2D eigenvalue weighted by atomic mass is 16.5. The predicted octanol–water partition coefficient (Wildman–Crippen LogP) is 4.32. The van der Waals surface area contributed by atoms with Crippen LogP contribution in [-0.2, 0) is 6.42 Å². The number of ether oxygens (including phenoxy) is 1. The van der Waals surface area contributed by atoms with Crippen molar-refractivity contribution < 1.29 is 18.7 Å².